The summed E-state index contributed by atoms with van der Waals surface area (Å²) >= 11 is 0. The van der Waals surface area contributed by atoms with Crippen molar-refractivity contribution in [2.45, 2.75) is 64.8 Å². The molecule has 0 N–H and O–H groups in total. The summed E-state index contributed by atoms with van der Waals surface area (Å²) in [7, 11) is 0. The molecule has 4 nitrogen and oxygen atoms in total. The van der Waals surface area contributed by atoms with E-state index >= 15 is 0 Å². The Morgan fingerprint density at radius 3 is 2.39 bits per heavy atom. The lowest BCUT2D eigenvalue weighted by atomic mass is 10.1. The lowest BCUT2D eigenvalue weighted by Crippen LogP contribution is -2.42. The van der Waals surface area contributed by atoms with Crippen LogP contribution >= 0.6 is 0 Å². The zero-order chi connectivity index (χ0) is 13.2. The highest BCUT2D eigenvalue weighted by atomic mass is 16.4. The second-order valence-electron chi connectivity index (χ2n) is 4.66. The SMILES string of the molecule is CCCCCCCCCC[n+]1ccoc1C(=O)[O-]. The first kappa shape index (κ1) is 14.7. The Kier molecular flexibility index (Phi) is 7.14. The van der Waals surface area contributed by atoms with Crippen molar-refractivity contribution in [3.05, 3.63) is 18.4 Å². The molecule has 1 aromatic rings. The van der Waals surface area contributed by atoms with Gasteiger partial charge in [-0.05, 0) is 6.42 Å². The fourth-order valence-electron chi connectivity index (χ4n) is 2.06. The Balaban J connectivity index is 2.07. The van der Waals surface area contributed by atoms with Gasteiger partial charge in [0, 0.05) is 6.42 Å². The molecule has 4 heteroatoms. The minimum atomic E-state index is -1.25. The molecule has 0 saturated carbocycles. The predicted molar refractivity (Wildman–Crippen MR) is 65.8 cm³/mol. The molecule has 1 heterocycles. The number of oxazole rings is 1. The summed E-state index contributed by atoms with van der Waals surface area (Å²) in [5.41, 5.74) is 0. The number of carbonyl (C=O) groups is 1. The molecule has 0 saturated heterocycles. The van der Waals surface area contributed by atoms with Crippen LogP contribution in [-0.2, 0) is 6.54 Å². The molecule has 0 aliphatic rings. The number of aryl methyl sites for hydroxylation is 1. The molecule has 0 aromatic carbocycles. The smallest absolute Gasteiger partial charge is 0.396 e. The van der Waals surface area contributed by atoms with Gasteiger partial charge in [-0.2, -0.15) is 4.57 Å². The number of carbonyl (C=O) groups excluding carboxylic acids is 1. The number of unbranched alkanes of at least 4 members (excludes halogenated alkanes) is 7. The summed E-state index contributed by atoms with van der Waals surface area (Å²) in [4.78, 5) is 10.7. The first-order valence-electron chi connectivity index (χ1n) is 6.94. The van der Waals surface area contributed by atoms with E-state index in [0.29, 0.717) is 6.54 Å². The third-order valence-corrected chi connectivity index (χ3v) is 3.11. The molecule has 1 aromatic heterocycles. The zero-order valence-corrected chi connectivity index (χ0v) is 11.2. The molecule has 0 amide bonds. The Bertz CT molecular complexity index is 347. The van der Waals surface area contributed by atoms with Gasteiger partial charge in [-0.1, -0.05) is 45.4 Å². The number of rotatable bonds is 10. The maximum atomic E-state index is 10.7. The van der Waals surface area contributed by atoms with E-state index in [0.717, 1.165) is 12.8 Å². The molecule has 102 valence electrons. The Labute approximate surface area is 109 Å². The number of carboxylic acids is 1. The Morgan fingerprint density at radius 1 is 1.17 bits per heavy atom. The van der Waals surface area contributed by atoms with Gasteiger partial charge in [-0.3, -0.25) is 0 Å². The van der Waals surface area contributed by atoms with Gasteiger partial charge < -0.3 is 14.3 Å². The van der Waals surface area contributed by atoms with Crippen LogP contribution in [0.4, 0.5) is 0 Å². The van der Waals surface area contributed by atoms with Gasteiger partial charge >= 0.3 is 5.89 Å². The van der Waals surface area contributed by atoms with Crippen LogP contribution in [0.2, 0.25) is 0 Å². The highest BCUT2D eigenvalue weighted by molar-refractivity contribution is 5.78. The van der Waals surface area contributed by atoms with Gasteiger partial charge in [0.15, 0.2) is 18.8 Å². The molecule has 0 spiro atoms. The number of hydrogen-bond acceptors (Lipinski definition) is 3. The largest absolute Gasteiger partial charge is 0.537 e. The van der Waals surface area contributed by atoms with E-state index in [-0.39, 0.29) is 5.89 Å². The van der Waals surface area contributed by atoms with Gasteiger partial charge in [0.2, 0.25) is 6.20 Å². The first-order valence-corrected chi connectivity index (χ1v) is 6.94. The lowest BCUT2D eigenvalue weighted by Gasteiger charge is -2.00. The fourth-order valence-corrected chi connectivity index (χ4v) is 2.06. The third-order valence-electron chi connectivity index (χ3n) is 3.11. The molecular weight excluding hydrogens is 230 g/mol. The molecule has 1 rings (SSSR count). The molecule has 0 unspecified atom stereocenters. The van der Waals surface area contributed by atoms with Crippen molar-refractivity contribution in [1.29, 1.82) is 0 Å². The average molecular weight is 253 g/mol. The third kappa shape index (κ3) is 5.34. The molecule has 0 atom stereocenters. The maximum Gasteiger partial charge on any atom is 0.396 e. The van der Waals surface area contributed by atoms with Gasteiger partial charge in [0.05, 0.1) is 0 Å². The standard InChI is InChI=1S/C14H23NO3/c1-2-3-4-5-6-7-8-9-10-15-11-12-18-13(15)14(16)17/h11-12H,2-10H2,1H3. The van der Waals surface area contributed by atoms with Crippen molar-refractivity contribution in [1.82, 2.24) is 0 Å². The van der Waals surface area contributed by atoms with Gasteiger partial charge in [-0.25, -0.2) is 0 Å². The van der Waals surface area contributed by atoms with Crippen LogP contribution in [0.5, 0.6) is 0 Å². The number of nitrogens with zero attached hydrogens (tertiary/aromatic N) is 1. The van der Waals surface area contributed by atoms with E-state index in [1.165, 1.54) is 44.8 Å². The fraction of sp³-hybridized carbons (Fsp3) is 0.714. The average Bonchev–Trinajstić information content (AvgIpc) is 2.81. The van der Waals surface area contributed by atoms with Crippen LogP contribution in [0.1, 0.15) is 69.0 Å². The number of hydrogen-bond donors (Lipinski definition) is 0. The minimum absolute atomic E-state index is 0.0852. The van der Waals surface area contributed by atoms with Crippen molar-refractivity contribution in [3.63, 3.8) is 0 Å². The number of aromatic nitrogens is 1. The summed E-state index contributed by atoms with van der Waals surface area (Å²) in [5.74, 6) is -1.34. The van der Waals surface area contributed by atoms with Crippen LogP contribution in [0, 0.1) is 0 Å². The summed E-state index contributed by atoms with van der Waals surface area (Å²) in [5, 5.41) is 10.7. The molecule has 0 radical (unpaired) electrons. The summed E-state index contributed by atoms with van der Waals surface area (Å²) in [6.07, 6.45) is 12.9. The van der Waals surface area contributed by atoms with E-state index in [1.54, 1.807) is 10.8 Å². The predicted octanol–water partition coefficient (Wildman–Crippen LogP) is 2.07. The van der Waals surface area contributed by atoms with Crippen LogP contribution in [0.3, 0.4) is 0 Å². The van der Waals surface area contributed by atoms with Gasteiger partial charge in [0.1, 0.15) is 0 Å². The van der Waals surface area contributed by atoms with Crippen LogP contribution in [0.25, 0.3) is 0 Å². The van der Waals surface area contributed by atoms with E-state index < -0.39 is 5.97 Å². The van der Waals surface area contributed by atoms with E-state index in [4.69, 9.17) is 4.42 Å². The number of aromatic carboxylic acids is 1. The van der Waals surface area contributed by atoms with Crippen LogP contribution in [0.15, 0.2) is 16.9 Å². The highest BCUT2D eigenvalue weighted by Gasteiger charge is 2.14. The van der Waals surface area contributed by atoms with Crippen molar-refractivity contribution in [2.75, 3.05) is 0 Å². The van der Waals surface area contributed by atoms with Gasteiger partial charge in [-0.15, -0.1) is 0 Å². The Morgan fingerprint density at radius 2 is 1.78 bits per heavy atom. The maximum absolute atomic E-state index is 10.7. The van der Waals surface area contributed by atoms with E-state index in [1.807, 2.05) is 0 Å². The topological polar surface area (TPSA) is 57.2 Å². The molecule has 18 heavy (non-hydrogen) atoms. The molecule has 0 aliphatic heterocycles. The van der Waals surface area contributed by atoms with Crippen molar-refractivity contribution >= 4 is 5.97 Å². The summed E-state index contributed by atoms with van der Waals surface area (Å²) in [6.45, 7) is 2.91. The van der Waals surface area contributed by atoms with Crippen molar-refractivity contribution in [3.8, 4) is 0 Å². The van der Waals surface area contributed by atoms with E-state index in [9.17, 15) is 9.90 Å². The first-order chi connectivity index (χ1) is 8.75. The number of carboxylic acid groups (broad SMARTS) is 1. The normalized spacial score (nSPS) is 10.7. The highest BCUT2D eigenvalue weighted by Crippen LogP contribution is 2.08. The second kappa shape index (κ2) is 8.72. The zero-order valence-electron chi connectivity index (χ0n) is 11.2. The summed E-state index contributed by atoms with van der Waals surface area (Å²) < 4.78 is 6.45. The quantitative estimate of drug-likeness (QED) is 0.474. The molecule has 0 fully saturated rings. The Hall–Kier alpha value is -1.32. The monoisotopic (exact) mass is 253 g/mol. The van der Waals surface area contributed by atoms with Crippen LogP contribution < -0.4 is 9.67 Å². The van der Waals surface area contributed by atoms with Crippen LogP contribution in [-0.4, -0.2) is 5.97 Å². The molecule has 0 aliphatic carbocycles. The lowest BCUT2D eigenvalue weighted by molar-refractivity contribution is -0.704. The molecule has 0 bridgehead atoms. The second-order valence-corrected chi connectivity index (χ2v) is 4.66. The van der Waals surface area contributed by atoms with Crippen molar-refractivity contribution < 1.29 is 18.9 Å². The van der Waals surface area contributed by atoms with E-state index in [2.05, 4.69) is 6.92 Å². The van der Waals surface area contributed by atoms with Crippen molar-refractivity contribution in [2.24, 2.45) is 0 Å². The molecular formula is C14H23NO3. The van der Waals surface area contributed by atoms with Gasteiger partial charge in [0.25, 0.3) is 0 Å². The summed E-state index contributed by atoms with van der Waals surface area (Å²) in [6, 6.07) is 0. The minimum Gasteiger partial charge on any atom is -0.537 e.